The lowest BCUT2D eigenvalue weighted by Crippen LogP contribution is -2.34. The summed E-state index contributed by atoms with van der Waals surface area (Å²) in [6, 6.07) is 0. The number of hydrogen-bond acceptors (Lipinski definition) is 0. The molecule has 0 bridgehead atoms. The van der Waals surface area contributed by atoms with Gasteiger partial charge in [0.2, 0.25) is 0 Å². The van der Waals surface area contributed by atoms with Gasteiger partial charge in [-0.2, -0.15) is 0 Å². The van der Waals surface area contributed by atoms with E-state index in [0.717, 1.165) is 25.3 Å². The SMILES string of the molecule is [B][B][B]CC(C[B]C)(C[B][B][B])C[B]B([B])[B]. The molecule has 0 atom stereocenters. The smallest absolute Gasteiger partial charge is 0.0920 e. The Morgan fingerprint density at radius 1 is 0.941 bits per heavy atom. The second-order valence-corrected chi connectivity index (χ2v) is 4.39. The minimum Gasteiger partial charge on any atom is -0.0920 e. The standard InChI is InChI=1S/C6H11B11/c1-11-2-6(3-12-15-7,4-13-16-8)5-14-17(9)10/h2-5H2,1H3. The van der Waals surface area contributed by atoms with Crippen LogP contribution < -0.4 is 0 Å². The summed E-state index contributed by atoms with van der Waals surface area (Å²) < 4.78 is 0. The monoisotopic (exact) mass is 204 g/mol. The van der Waals surface area contributed by atoms with Crippen molar-refractivity contribution in [2.75, 3.05) is 0 Å². The lowest BCUT2D eigenvalue weighted by atomic mass is 9.00. The van der Waals surface area contributed by atoms with E-state index in [1.165, 1.54) is 0 Å². The van der Waals surface area contributed by atoms with Crippen LogP contribution >= 0.6 is 0 Å². The summed E-state index contributed by atoms with van der Waals surface area (Å²) in [5.74, 6) is 0. The zero-order valence-electron chi connectivity index (χ0n) is 10.7. The van der Waals surface area contributed by atoms with Crippen LogP contribution in [0.1, 0.15) is 0 Å². The Morgan fingerprint density at radius 3 is 1.82 bits per heavy atom. The minimum atomic E-state index is -0.380. The molecule has 0 amide bonds. The minimum absolute atomic E-state index is 0.0808. The van der Waals surface area contributed by atoms with Gasteiger partial charge in [0, 0.05) is 51.5 Å². The van der Waals surface area contributed by atoms with Crippen LogP contribution in [-0.4, -0.2) is 80.2 Å². The van der Waals surface area contributed by atoms with Crippen molar-refractivity contribution in [1.29, 1.82) is 0 Å². The average molecular weight is 202 g/mol. The molecule has 0 aromatic carbocycles. The Kier molecular flexibility index (Phi) is 11.1. The zero-order chi connectivity index (χ0) is 13.1. The fraction of sp³-hybridized carbons (Fsp3) is 1.00. The molecule has 0 aliphatic heterocycles. The average Bonchev–Trinajstić information content (AvgIpc) is 2.31. The van der Waals surface area contributed by atoms with E-state index in [9.17, 15) is 0 Å². The van der Waals surface area contributed by atoms with Crippen molar-refractivity contribution in [2.45, 2.75) is 32.1 Å². The molecule has 0 saturated carbocycles. The number of rotatable bonds is 11. The van der Waals surface area contributed by atoms with Crippen molar-refractivity contribution in [3.63, 3.8) is 0 Å². The van der Waals surface area contributed by atoms with Crippen molar-refractivity contribution >= 4 is 80.2 Å². The van der Waals surface area contributed by atoms with Crippen LogP contribution in [0.4, 0.5) is 0 Å². The van der Waals surface area contributed by atoms with E-state index in [1.54, 1.807) is 14.1 Å². The van der Waals surface area contributed by atoms with Gasteiger partial charge in [-0.3, -0.25) is 0 Å². The lowest BCUT2D eigenvalue weighted by molar-refractivity contribution is 0.465. The molecule has 0 N–H and O–H groups in total. The molecule has 0 nitrogen and oxygen atoms in total. The van der Waals surface area contributed by atoms with Crippen LogP contribution in [0.5, 0.6) is 0 Å². The Balaban J connectivity index is 4.43. The molecular weight excluding hydrogens is 191 g/mol. The first-order valence-electron chi connectivity index (χ1n) is 5.96. The summed E-state index contributed by atoms with van der Waals surface area (Å²) in [7, 11) is 33.2. The molecule has 0 aliphatic rings. The van der Waals surface area contributed by atoms with E-state index in [-0.39, 0.29) is 11.8 Å². The zero-order valence-corrected chi connectivity index (χ0v) is 10.7. The van der Waals surface area contributed by atoms with Gasteiger partial charge in [0.25, 0.3) is 0 Å². The van der Waals surface area contributed by atoms with E-state index in [1.807, 2.05) is 21.5 Å². The number of hydrogen-bond donors (Lipinski definition) is 0. The largest absolute Gasteiger partial charge is 0.106 e. The Morgan fingerprint density at radius 2 is 1.47 bits per heavy atom. The molecule has 0 heterocycles. The third-order valence-electron chi connectivity index (χ3n) is 2.83. The topological polar surface area (TPSA) is 0 Å². The van der Waals surface area contributed by atoms with Crippen molar-refractivity contribution in [3.8, 4) is 0 Å². The summed E-state index contributed by atoms with van der Waals surface area (Å²) >= 11 is 0. The highest BCUT2D eigenvalue weighted by Gasteiger charge is 2.27. The van der Waals surface area contributed by atoms with Gasteiger partial charge < -0.3 is 0 Å². The molecule has 11 heteroatoms. The molecule has 0 aromatic heterocycles. The molecule has 0 unspecified atom stereocenters. The third-order valence-corrected chi connectivity index (χ3v) is 2.83. The molecule has 0 fully saturated rings. The summed E-state index contributed by atoms with van der Waals surface area (Å²) in [4.78, 5) is 0. The Labute approximate surface area is 118 Å². The van der Waals surface area contributed by atoms with Crippen molar-refractivity contribution in [1.82, 2.24) is 0 Å². The maximum Gasteiger partial charge on any atom is 0.106 e. The van der Waals surface area contributed by atoms with E-state index in [0.29, 0.717) is 0 Å². The highest BCUT2D eigenvalue weighted by atomic mass is 14.2. The van der Waals surface area contributed by atoms with Crippen molar-refractivity contribution in [2.24, 2.45) is 5.41 Å². The molecule has 0 aromatic rings. The van der Waals surface area contributed by atoms with Crippen molar-refractivity contribution < 1.29 is 0 Å². The molecule has 0 saturated heterocycles. The van der Waals surface area contributed by atoms with Gasteiger partial charge in [0.1, 0.15) is 7.28 Å². The Bertz CT molecular complexity index is 165. The van der Waals surface area contributed by atoms with E-state index in [2.05, 4.69) is 14.1 Å². The van der Waals surface area contributed by atoms with Gasteiger partial charge in [0.15, 0.2) is 0 Å². The van der Waals surface area contributed by atoms with Crippen LogP contribution in [0.25, 0.3) is 0 Å². The van der Waals surface area contributed by atoms with Gasteiger partial charge >= 0.3 is 0 Å². The summed E-state index contributed by atoms with van der Waals surface area (Å²) in [6.45, 7) is 2.05. The van der Waals surface area contributed by atoms with E-state index >= 15 is 0 Å². The van der Waals surface area contributed by atoms with Gasteiger partial charge in [-0.15, -0.1) is 0 Å². The van der Waals surface area contributed by atoms with E-state index < -0.39 is 0 Å². The third kappa shape index (κ3) is 8.43. The molecule has 0 spiro atoms. The van der Waals surface area contributed by atoms with Gasteiger partial charge in [-0.05, 0) is 0 Å². The van der Waals surface area contributed by atoms with Crippen LogP contribution in [-0.2, 0) is 0 Å². The summed E-state index contributed by atoms with van der Waals surface area (Å²) in [5.41, 5.74) is 0.0808. The van der Waals surface area contributed by atoms with Gasteiger partial charge in [0.05, 0.1) is 21.5 Å². The van der Waals surface area contributed by atoms with Gasteiger partial charge in [-0.1, -0.05) is 37.5 Å². The normalized spacial score (nSPS) is 10.2. The predicted octanol–water partition coefficient (Wildman–Crippen LogP) is -1.76. The second-order valence-electron chi connectivity index (χ2n) is 4.39. The van der Waals surface area contributed by atoms with Gasteiger partial charge in [-0.25, -0.2) is 0 Å². The first-order valence-corrected chi connectivity index (χ1v) is 5.96. The highest BCUT2D eigenvalue weighted by molar-refractivity contribution is 7.53. The molecule has 17 heavy (non-hydrogen) atoms. The summed E-state index contributed by atoms with van der Waals surface area (Å²) in [6.07, 6.45) is 3.23. The summed E-state index contributed by atoms with van der Waals surface area (Å²) in [5, 5.41) is 0. The molecular formula is C6H11B11. The van der Waals surface area contributed by atoms with Crippen molar-refractivity contribution in [3.05, 3.63) is 0 Å². The van der Waals surface area contributed by atoms with Crippen LogP contribution in [0.2, 0.25) is 32.1 Å². The quantitative estimate of drug-likeness (QED) is 0.348. The fourth-order valence-corrected chi connectivity index (χ4v) is 1.96. The second kappa shape index (κ2) is 10.6. The van der Waals surface area contributed by atoms with Crippen LogP contribution in [0.3, 0.4) is 0 Å². The molecule has 14 radical (unpaired) electrons. The molecule has 0 aliphatic carbocycles. The lowest BCUT2D eigenvalue weighted by Gasteiger charge is -2.35. The molecule has 0 rings (SSSR count). The van der Waals surface area contributed by atoms with Crippen LogP contribution in [0.15, 0.2) is 0 Å². The maximum absolute atomic E-state index is 5.58. The van der Waals surface area contributed by atoms with E-state index in [4.69, 9.17) is 30.9 Å². The maximum atomic E-state index is 5.58. The Hall–Kier alpha value is 0.714. The highest BCUT2D eigenvalue weighted by Crippen LogP contribution is 2.36. The first-order chi connectivity index (χ1) is 8.10. The van der Waals surface area contributed by atoms with Crippen LogP contribution in [0, 0.1) is 5.41 Å². The first kappa shape index (κ1) is 17.7. The predicted molar refractivity (Wildman–Crippen MR) is 90.8 cm³/mol. The fourth-order valence-electron chi connectivity index (χ4n) is 1.96. The molecule has 68 valence electrons.